The van der Waals surface area contributed by atoms with Crippen molar-refractivity contribution in [3.63, 3.8) is 0 Å². The molecule has 0 aromatic rings. The van der Waals surface area contributed by atoms with Crippen LogP contribution >= 0.6 is 0 Å². The van der Waals surface area contributed by atoms with Gasteiger partial charge >= 0.3 is 0 Å². The Balaban J connectivity index is 0.00000106. The van der Waals surface area contributed by atoms with Gasteiger partial charge in [0.1, 0.15) is 18.3 Å². The molecule has 2 aliphatic heterocycles. The van der Waals surface area contributed by atoms with Gasteiger partial charge in [0.25, 0.3) is 0 Å². The van der Waals surface area contributed by atoms with Crippen LogP contribution < -0.4 is 11.5 Å². The second-order valence-corrected chi connectivity index (χ2v) is 4.93. The Labute approximate surface area is 123 Å². The molecule has 0 aromatic heterocycles. The SMILES string of the molecule is CN.NCC1O[C@H](OC2OCC(O)CC2O)CC(O)[C@@H]1O. The Morgan fingerprint density at radius 1 is 1.10 bits per heavy atom. The average Bonchev–Trinajstić information content (AvgIpc) is 2.47. The number of ether oxygens (including phenoxy) is 3. The van der Waals surface area contributed by atoms with E-state index in [-0.39, 0.29) is 26.0 Å². The predicted octanol–water partition coefficient (Wildman–Crippen LogP) is -3.16. The van der Waals surface area contributed by atoms with Gasteiger partial charge in [0.15, 0.2) is 12.6 Å². The van der Waals surface area contributed by atoms with Gasteiger partial charge in [-0.3, -0.25) is 0 Å². The third-order valence-corrected chi connectivity index (χ3v) is 3.33. The minimum Gasteiger partial charge on any atom is -0.391 e. The Bertz CT molecular complexity index is 297. The molecule has 5 unspecified atom stereocenters. The lowest BCUT2D eigenvalue weighted by Crippen LogP contribution is -2.54. The van der Waals surface area contributed by atoms with E-state index in [2.05, 4.69) is 5.73 Å². The van der Waals surface area contributed by atoms with Crippen LogP contribution in [0.4, 0.5) is 0 Å². The lowest BCUT2D eigenvalue weighted by atomic mass is 10.0. The van der Waals surface area contributed by atoms with Crippen molar-refractivity contribution in [3.05, 3.63) is 0 Å². The fourth-order valence-corrected chi connectivity index (χ4v) is 2.25. The molecule has 2 heterocycles. The lowest BCUT2D eigenvalue weighted by molar-refractivity contribution is -0.327. The van der Waals surface area contributed by atoms with Gasteiger partial charge in [-0.15, -0.1) is 0 Å². The number of hydrogen-bond acceptors (Lipinski definition) is 9. The zero-order chi connectivity index (χ0) is 16.0. The standard InChI is InChI=1S/C11H21NO7.CH5N/c12-3-8-10(16)6(14)2-9(18-8)19-11-7(15)1-5(13)4-17-11;1-2/h5-11,13-16H,1-4,12H2;2H2,1H3/t5?,6?,7?,8?,9-,10+,11?;/m1./s1. The summed E-state index contributed by atoms with van der Waals surface area (Å²) in [5, 5.41) is 38.3. The first-order valence-corrected chi connectivity index (χ1v) is 6.94. The van der Waals surface area contributed by atoms with Gasteiger partial charge in [-0.05, 0) is 7.05 Å². The molecule has 21 heavy (non-hydrogen) atoms. The second-order valence-electron chi connectivity index (χ2n) is 4.93. The highest BCUT2D eigenvalue weighted by molar-refractivity contribution is 4.84. The molecule has 7 atom stereocenters. The summed E-state index contributed by atoms with van der Waals surface area (Å²) in [6.07, 6.45) is -5.98. The van der Waals surface area contributed by atoms with E-state index in [1.807, 2.05) is 0 Å². The summed E-state index contributed by atoms with van der Waals surface area (Å²) in [7, 11) is 1.50. The summed E-state index contributed by atoms with van der Waals surface area (Å²) in [5.41, 5.74) is 9.93. The van der Waals surface area contributed by atoms with Gasteiger partial charge in [0.05, 0.1) is 18.8 Å². The molecule has 0 saturated carbocycles. The van der Waals surface area contributed by atoms with Crippen LogP contribution in [0.25, 0.3) is 0 Å². The number of aliphatic hydroxyl groups is 4. The van der Waals surface area contributed by atoms with Crippen molar-refractivity contribution in [2.24, 2.45) is 11.5 Å². The van der Waals surface area contributed by atoms with Crippen LogP contribution in [0.5, 0.6) is 0 Å². The van der Waals surface area contributed by atoms with E-state index < -0.39 is 43.1 Å². The monoisotopic (exact) mass is 310 g/mol. The lowest BCUT2D eigenvalue weighted by Gasteiger charge is -2.39. The second kappa shape index (κ2) is 8.93. The Kier molecular flexibility index (Phi) is 7.95. The summed E-state index contributed by atoms with van der Waals surface area (Å²) >= 11 is 0. The van der Waals surface area contributed by atoms with Crippen molar-refractivity contribution in [3.8, 4) is 0 Å². The minimum absolute atomic E-state index is 0.0465. The maximum atomic E-state index is 9.71. The van der Waals surface area contributed by atoms with Crippen molar-refractivity contribution in [2.75, 3.05) is 20.2 Å². The molecule has 0 radical (unpaired) electrons. The highest BCUT2D eigenvalue weighted by Gasteiger charge is 2.39. The molecule has 8 N–H and O–H groups in total. The van der Waals surface area contributed by atoms with Crippen molar-refractivity contribution in [1.82, 2.24) is 0 Å². The molecule has 9 nitrogen and oxygen atoms in total. The van der Waals surface area contributed by atoms with E-state index in [9.17, 15) is 20.4 Å². The van der Waals surface area contributed by atoms with Gasteiger partial charge in [-0.1, -0.05) is 0 Å². The van der Waals surface area contributed by atoms with Crippen molar-refractivity contribution < 1.29 is 34.6 Å². The predicted molar refractivity (Wildman–Crippen MR) is 71.9 cm³/mol. The van der Waals surface area contributed by atoms with Crippen molar-refractivity contribution in [1.29, 1.82) is 0 Å². The Hall–Kier alpha value is -0.360. The molecule has 2 aliphatic rings. The average molecular weight is 310 g/mol. The summed E-state index contributed by atoms with van der Waals surface area (Å²) in [6.45, 7) is 0.116. The van der Waals surface area contributed by atoms with Crippen LogP contribution in [0, 0.1) is 0 Å². The van der Waals surface area contributed by atoms with E-state index in [4.69, 9.17) is 19.9 Å². The van der Waals surface area contributed by atoms with Crippen molar-refractivity contribution >= 4 is 0 Å². The smallest absolute Gasteiger partial charge is 0.186 e. The van der Waals surface area contributed by atoms with Gasteiger partial charge in [-0.2, -0.15) is 0 Å². The maximum Gasteiger partial charge on any atom is 0.186 e. The van der Waals surface area contributed by atoms with E-state index >= 15 is 0 Å². The fourth-order valence-electron chi connectivity index (χ4n) is 2.25. The molecule has 2 rings (SSSR count). The van der Waals surface area contributed by atoms with E-state index in [1.54, 1.807) is 0 Å². The van der Waals surface area contributed by atoms with Crippen LogP contribution in [-0.2, 0) is 14.2 Å². The molecule has 0 spiro atoms. The molecule has 126 valence electrons. The fraction of sp³-hybridized carbons (Fsp3) is 1.00. The number of rotatable bonds is 3. The molecular weight excluding hydrogens is 284 g/mol. The number of aliphatic hydroxyl groups excluding tert-OH is 4. The third kappa shape index (κ3) is 5.09. The van der Waals surface area contributed by atoms with Gasteiger partial charge < -0.3 is 46.1 Å². The van der Waals surface area contributed by atoms with Crippen LogP contribution in [0.3, 0.4) is 0 Å². The minimum atomic E-state index is -1.05. The first-order chi connectivity index (χ1) is 10.0. The topological polar surface area (TPSA) is 161 Å². The maximum absolute atomic E-state index is 9.71. The molecule has 0 aromatic carbocycles. The van der Waals surface area contributed by atoms with Gasteiger partial charge in [0.2, 0.25) is 0 Å². The molecule has 2 fully saturated rings. The highest BCUT2D eigenvalue weighted by Crippen LogP contribution is 2.24. The van der Waals surface area contributed by atoms with E-state index in [1.165, 1.54) is 7.05 Å². The van der Waals surface area contributed by atoms with E-state index in [0.717, 1.165) is 0 Å². The number of hydrogen-bond donors (Lipinski definition) is 6. The third-order valence-electron chi connectivity index (χ3n) is 3.33. The van der Waals surface area contributed by atoms with Gasteiger partial charge in [0, 0.05) is 19.4 Å². The van der Waals surface area contributed by atoms with Crippen LogP contribution in [0.2, 0.25) is 0 Å². The highest BCUT2D eigenvalue weighted by atomic mass is 16.8. The molecule has 2 saturated heterocycles. The van der Waals surface area contributed by atoms with Gasteiger partial charge in [-0.25, -0.2) is 0 Å². The first kappa shape index (κ1) is 18.7. The first-order valence-electron chi connectivity index (χ1n) is 6.94. The van der Waals surface area contributed by atoms with Crippen LogP contribution in [0.1, 0.15) is 12.8 Å². The van der Waals surface area contributed by atoms with Crippen LogP contribution in [0.15, 0.2) is 0 Å². The molecule has 0 aliphatic carbocycles. The summed E-state index contributed by atoms with van der Waals surface area (Å²) in [4.78, 5) is 0. The van der Waals surface area contributed by atoms with Crippen LogP contribution in [-0.4, -0.2) is 83.7 Å². The van der Waals surface area contributed by atoms with E-state index in [0.29, 0.717) is 0 Å². The Morgan fingerprint density at radius 3 is 2.33 bits per heavy atom. The summed E-state index contributed by atoms with van der Waals surface area (Å²) in [5.74, 6) is 0. The normalized spacial score (nSPS) is 43.9. The quantitative estimate of drug-likeness (QED) is 0.316. The zero-order valence-electron chi connectivity index (χ0n) is 12.0. The number of nitrogens with two attached hydrogens (primary N) is 2. The molecule has 0 amide bonds. The molecule has 9 heteroatoms. The molecule has 0 bridgehead atoms. The zero-order valence-corrected chi connectivity index (χ0v) is 12.0. The summed E-state index contributed by atoms with van der Waals surface area (Å²) < 4.78 is 16.0. The molecular formula is C12H26N2O7. The van der Waals surface area contributed by atoms with Crippen molar-refractivity contribution in [2.45, 2.75) is 55.9 Å². The Morgan fingerprint density at radius 2 is 1.76 bits per heavy atom. The summed E-state index contributed by atoms with van der Waals surface area (Å²) in [6, 6.07) is 0. The largest absolute Gasteiger partial charge is 0.391 e.